The largest absolute Gasteiger partial charge is 0.504 e. The van der Waals surface area contributed by atoms with Crippen molar-refractivity contribution in [3.05, 3.63) is 29.8 Å². The molecule has 0 aliphatic rings. The van der Waals surface area contributed by atoms with Crippen molar-refractivity contribution in [2.45, 2.75) is 19.8 Å². The van der Waals surface area contributed by atoms with Crippen LogP contribution in [0.4, 0.5) is 0 Å². The highest BCUT2D eigenvalue weighted by Crippen LogP contribution is 2.35. The van der Waals surface area contributed by atoms with Crippen molar-refractivity contribution in [2.24, 2.45) is 0 Å². The maximum atomic E-state index is 11.7. The fourth-order valence-corrected chi connectivity index (χ4v) is 1.46. The molecule has 1 aromatic carbocycles. The summed E-state index contributed by atoms with van der Waals surface area (Å²) in [6, 6.07) is 1.98. The molecule has 22 heavy (non-hydrogen) atoms. The lowest BCUT2D eigenvalue weighted by atomic mass is 10.2. The molecule has 1 rings (SSSR count). The average molecular weight is 310 g/mol. The normalized spacial score (nSPS) is 10.0. The molecule has 7 nitrogen and oxygen atoms in total. The lowest BCUT2D eigenvalue weighted by molar-refractivity contribution is -0.139. The standard InChI is InChI=1S/C15H18O7/c1-9(2)14(19)21-5-3-4-6-22-15(20)10-7-11(16)13(18)12(17)8-10/h7-8,16-18H,1,3-6H2,2H3. The van der Waals surface area contributed by atoms with Gasteiger partial charge >= 0.3 is 11.9 Å². The number of carbonyl (C=O) groups is 2. The summed E-state index contributed by atoms with van der Waals surface area (Å²) >= 11 is 0. The van der Waals surface area contributed by atoms with Crippen LogP contribution in [0.25, 0.3) is 0 Å². The van der Waals surface area contributed by atoms with Crippen LogP contribution in [0.15, 0.2) is 24.3 Å². The Morgan fingerprint density at radius 1 is 1.05 bits per heavy atom. The number of benzene rings is 1. The molecule has 0 radical (unpaired) electrons. The highest BCUT2D eigenvalue weighted by molar-refractivity contribution is 5.91. The molecule has 0 aliphatic carbocycles. The number of carbonyl (C=O) groups excluding carboxylic acids is 2. The van der Waals surface area contributed by atoms with Gasteiger partial charge in [-0.1, -0.05) is 6.58 Å². The molecule has 7 heteroatoms. The van der Waals surface area contributed by atoms with E-state index in [0.29, 0.717) is 18.4 Å². The van der Waals surface area contributed by atoms with Crippen LogP contribution in [0.5, 0.6) is 17.2 Å². The molecular weight excluding hydrogens is 292 g/mol. The molecule has 120 valence electrons. The molecule has 0 saturated heterocycles. The van der Waals surface area contributed by atoms with Gasteiger partial charge in [0.15, 0.2) is 17.2 Å². The number of esters is 2. The monoisotopic (exact) mass is 310 g/mol. The van der Waals surface area contributed by atoms with Crippen molar-refractivity contribution in [3.8, 4) is 17.2 Å². The van der Waals surface area contributed by atoms with E-state index < -0.39 is 29.2 Å². The van der Waals surface area contributed by atoms with Crippen molar-refractivity contribution in [3.63, 3.8) is 0 Å². The minimum absolute atomic E-state index is 0.0819. The Morgan fingerprint density at radius 3 is 2.05 bits per heavy atom. The first-order valence-corrected chi connectivity index (χ1v) is 6.57. The number of unbranched alkanes of at least 4 members (excludes halogenated alkanes) is 1. The smallest absolute Gasteiger partial charge is 0.338 e. The summed E-state index contributed by atoms with van der Waals surface area (Å²) in [5.41, 5.74) is 0.236. The molecule has 0 saturated carbocycles. The van der Waals surface area contributed by atoms with Crippen LogP contribution in [-0.2, 0) is 14.3 Å². The molecule has 0 atom stereocenters. The van der Waals surface area contributed by atoms with Gasteiger partial charge in [0.2, 0.25) is 0 Å². The van der Waals surface area contributed by atoms with Crippen LogP contribution in [-0.4, -0.2) is 40.5 Å². The fraction of sp³-hybridized carbons (Fsp3) is 0.333. The first-order chi connectivity index (χ1) is 10.3. The van der Waals surface area contributed by atoms with Crippen molar-refractivity contribution < 1.29 is 34.4 Å². The van der Waals surface area contributed by atoms with E-state index >= 15 is 0 Å². The molecule has 0 unspecified atom stereocenters. The number of ether oxygens (including phenoxy) is 2. The van der Waals surface area contributed by atoms with Crippen molar-refractivity contribution in [1.82, 2.24) is 0 Å². The summed E-state index contributed by atoms with van der Waals surface area (Å²) in [6.45, 7) is 5.28. The van der Waals surface area contributed by atoms with E-state index in [1.807, 2.05) is 0 Å². The van der Waals surface area contributed by atoms with Gasteiger partial charge < -0.3 is 24.8 Å². The van der Waals surface area contributed by atoms with Gasteiger partial charge in [-0.15, -0.1) is 0 Å². The summed E-state index contributed by atoms with van der Waals surface area (Å²) in [5, 5.41) is 27.8. The zero-order valence-electron chi connectivity index (χ0n) is 12.2. The maximum absolute atomic E-state index is 11.7. The second kappa shape index (κ2) is 7.92. The lowest BCUT2D eigenvalue weighted by Crippen LogP contribution is -2.09. The molecule has 0 fully saturated rings. The second-order valence-corrected chi connectivity index (χ2v) is 4.62. The Balaban J connectivity index is 2.32. The Hall–Kier alpha value is -2.70. The van der Waals surface area contributed by atoms with E-state index in [0.717, 1.165) is 12.1 Å². The van der Waals surface area contributed by atoms with Crippen molar-refractivity contribution >= 4 is 11.9 Å². The minimum Gasteiger partial charge on any atom is -0.504 e. The summed E-state index contributed by atoms with van der Waals surface area (Å²) in [7, 11) is 0. The van der Waals surface area contributed by atoms with Gasteiger partial charge in [-0.3, -0.25) is 0 Å². The third kappa shape index (κ3) is 5.01. The molecule has 0 aromatic heterocycles. The molecule has 0 amide bonds. The van der Waals surface area contributed by atoms with E-state index in [-0.39, 0.29) is 18.8 Å². The maximum Gasteiger partial charge on any atom is 0.338 e. The quantitative estimate of drug-likeness (QED) is 0.305. The van der Waals surface area contributed by atoms with Crippen LogP contribution in [0.2, 0.25) is 0 Å². The molecular formula is C15H18O7. The van der Waals surface area contributed by atoms with E-state index in [2.05, 4.69) is 6.58 Å². The predicted octanol–water partition coefficient (Wildman–Crippen LogP) is 1.86. The van der Waals surface area contributed by atoms with Crippen molar-refractivity contribution in [2.75, 3.05) is 13.2 Å². The van der Waals surface area contributed by atoms with Gasteiger partial charge in [-0.05, 0) is 31.9 Å². The third-order valence-corrected chi connectivity index (χ3v) is 2.66. The number of hydrogen-bond donors (Lipinski definition) is 3. The zero-order chi connectivity index (χ0) is 16.7. The number of phenolic OH excluding ortho intramolecular Hbond substituents is 3. The van der Waals surface area contributed by atoms with Crippen molar-refractivity contribution in [1.29, 1.82) is 0 Å². The molecule has 0 spiro atoms. The molecule has 0 bridgehead atoms. The molecule has 3 N–H and O–H groups in total. The lowest BCUT2D eigenvalue weighted by Gasteiger charge is -2.07. The van der Waals surface area contributed by atoms with E-state index in [1.165, 1.54) is 0 Å². The van der Waals surface area contributed by atoms with Gasteiger partial charge in [-0.2, -0.15) is 0 Å². The van der Waals surface area contributed by atoms with E-state index in [9.17, 15) is 19.8 Å². The summed E-state index contributed by atoms with van der Waals surface area (Å²) < 4.78 is 9.80. The SMILES string of the molecule is C=C(C)C(=O)OCCCCOC(=O)c1cc(O)c(O)c(O)c1. The summed E-state index contributed by atoms with van der Waals surface area (Å²) in [4.78, 5) is 22.8. The topological polar surface area (TPSA) is 113 Å². The van der Waals surface area contributed by atoms with Crippen LogP contribution < -0.4 is 0 Å². The summed E-state index contributed by atoms with van der Waals surface area (Å²) in [5.74, 6) is -3.13. The zero-order valence-corrected chi connectivity index (χ0v) is 12.2. The minimum atomic E-state index is -0.746. The highest BCUT2D eigenvalue weighted by atomic mass is 16.5. The Morgan fingerprint density at radius 2 is 1.55 bits per heavy atom. The van der Waals surface area contributed by atoms with Crippen LogP contribution in [0.1, 0.15) is 30.1 Å². The van der Waals surface area contributed by atoms with Gasteiger partial charge in [0.1, 0.15) is 0 Å². The Bertz CT molecular complexity index is 554. The predicted molar refractivity (Wildman–Crippen MR) is 76.7 cm³/mol. The molecule has 0 heterocycles. The molecule has 0 aliphatic heterocycles. The Kier molecular flexibility index (Phi) is 6.25. The van der Waals surface area contributed by atoms with Gasteiger partial charge in [0.25, 0.3) is 0 Å². The third-order valence-electron chi connectivity index (χ3n) is 2.66. The molecule has 1 aromatic rings. The number of aromatic hydroxyl groups is 3. The van der Waals surface area contributed by atoms with Gasteiger partial charge in [0, 0.05) is 5.57 Å². The first-order valence-electron chi connectivity index (χ1n) is 6.57. The fourth-order valence-electron chi connectivity index (χ4n) is 1.46. The van der Waals surface area contributed by atoms with E-state index in [1.54, 1.807) is 6.92 Å². The summed E-state index contributed by atoms with van der Waals surface area (Å²) in [6.07, 6.45) is 0.990. The number of phenols is 3. The van der Waals surface area contributed by atoms with E-state index in [4.69, 9.17) is 14.6 Å². The van der Waals surface area contributed by atoms with Crippen LogP contribution >= 0.6 is 0 Å². The Labute approximate surface area is 127 Å². The number of rotatable bonds is 7. The van der Waals surface area contributed by atoms with Gasteiger partial charge in [-0.25, -0.2) is 9.59 Å². The highest BCUT2D eigenvalue weighted by Gasteiger charge is 2.14. The van der Waals surface area contributed by atoms with Gasteiger partial charge in [0.05, 0.1) is 18.8 Å². The number of hydrogen-bond acceptors (Lipinski definition) is 7. The first kappa shape index (κ1) is 17.4. The second-order valence-electron chi connectivity index (χ2n) is 4.62. The average Bonchev–Trinajstić information content (AvgIpc) is 2.47. The van der Waals surface area contributed by atoms with Crippen LogP contribution in [0.3, 0.4) is 0 Å². The van der Waals surface area contributed by atoms with Crippen LogP contribution in [0, 0.1) is 0 Å².